The topological polar surface area (TPSA) is 55.8 Å². The second-order valence-electron chi connectivity index (χ2n) is 3.62. The van der Waals surface area contributed by atoms with Crippen LogP contribution in [0, 0.1) is 0 Å². The Morgan fingerprint density at radius 1 is 1.27 bits per heavy atom. The minimum absolute atomic E-state index is 0.122. The number of carbonyl (C=O) groups is 2. The highest BCUT2D eigenvalue weighted by Gasteiger charge is 2.28. The van der Waals surface area contributed by atoms with E-state index in [0.717, 1.165) is 19.4 Å². The molecule has 0 N–H and O–H groups in total. The average molecular weight is 215 g/mol. The van der Waals surface area contributed by atoms with Gasteiger partial charge >= 0.3 is 11.9 Å². The second-order valence-corrected chi connectivity index (χ2v) is 3.62. The van der Waals surface area contributed by atoms with Crippen LogP contribution in [0.3, 0.4) is 0 Å². The van der Waals surface area contributed by atoms with E-state index in [1.807, 2.05) is 4.90 Å². The Hall–Kier alpha value is -1.10. The summed E-state index contributed by atoms with van der Waals surface area (Å²) in [6, 6.07) is 0.122. The van der Waals surface area contributed by atoms with Gasteiger partial charge in [0, 0.05) is 6.04 Å². The van der Waals surface area contributed by atoms with Gasteiger partial charge in [-0.15, -0.1) is 0 Å². The number of ether oxygens (including phenoxy) is 2. The lowest BCUT2D eigenvalue weighted by Crippen LogP contribution is -2.36. The molecule has 15 heavy (non-hydrogen) atoms. The molecule has 5 nitrogen and oxygen atoms in total. The molecule has 0 radical (unpaired) electrons. The molecule has 0 aromatic heterocycles. The van der Waals surface area contributed by atoms with Crippen LogP contribution < -0.4 is 0 Å². The van der Waals surface area contributed by atoms with Gasteiger partial charge in [0.05, 0.1) is 27.2 Å². The maximum atomic E-state index is 11.1. The van der Waals surface area contributed by atoms with Gasteiger partial charge in [-0.3, -0.25) is 14.5 Å². The maximum absolute atomic E-state index is 11.1. The molecule has 0 amide bonds. The van der Waals surface area contributed by atoms with Crippen molar-refractivity contribution in [1.82, 2.24) is 4.90 Å². The fraction of sp³-hybridized carbons (Fsp3) is 0.800. The predicted octanol–water partition coefficient (Wildman–Crippen LogP) is 0.187. The summed E-state index contributed by atoms with van der Waals surface area (Å²) in [6.45, 7) is 1.11. The molecule has 0 aliphatic carbocycles. The zero-order valence-electron chi connectivity index (χ0n) is 9.19. The molecule has 0 aromatic carbocycles. The number of nitrogens with zero attached hydrogens (tertiary/aromatic N) is 1. The molecule has 0 saturated carbocycles. The number of rotatable bonds is 4. The summed E-state index contributed by atoms with van der Waals surface area (Å²) >= 11 is 0. The highest BCUT2D eigenvalue weighted by Crippen LogP contribution is 2.19. The van der Waals surface area contributed by atoms with E-state index in [-0.39, 0.29) is 24.5 Å². The molecule has 1 atom stereocenters. The summed E-state index contributed by atoms with van der Waals surface area (Å²) in [5.41, 5.74) is 0. The van der Waals surface area contributed by atoms with Gasteiger partial charge in [-0.05, 0) is 19.4 Å². The van der Waals surface area contributed by atoms with E-state index >= 15 is 0 Å². The van der Waals surface area contributed by atoms with Crippen LogP contribution in [-0.2, 0) is 19.1 Å². The Bertz CT molecular complexity index is 218. The van der Waals surface area contributed by atoms with E-state index in [0.29, 0.717) is 6.42 Å². The van der Waals surface area contributed by atoms with Gasteiger partial charge in [0.1, 0.15) is 0 Å². The van der Waals surface area contributed by atoms with Crippen molar-refractivity contribution in [2.45, 2.75) is 25.3 Å². The van der Waals surface area contributed by atoms with Gasteiger partial charge < -0.3 is 9.47 Å². The lowest BCUT2D eigenvalue weighted by Gasteiger charge is -2.21. The Balaban J connectivity index is 2.42. The maximum Gasteiger partial charge on any atom is 0.319 e. The van der Waals surface area contributed by atoms with Crippen LogP contribution in [0.2, 0.25) is 0 Å². The molecule has 86 valence electrons. The number of hydrogen-bond donors (Lipinski definition) is 0. The Labute approximate surface area is 89.3 Å². The Morgan fingerprint density at radius 3 is 2.53 bits per heavy atom. The SMILES string of the molecule is COC(=O)CC1CCCN1CC(=O)OC. The molecule has 1 heterocycles. The first-order valence-corrected chi connectivity index (χ1v) is 5.05. The zero-order chi connectivity index (χ0) is 11.3. The van der Waals surface area contributed by atoms with Gasteiger partial charge in [0.15, 0.2) is 0 Å². The molecule has 5 heteroatoms. The van der Waals surface area contributed by atoms with Crippen LogP contribution in [0.4, 0.5) is 0 Å². The van der Waals surface area contributed by atoms with Crippen molar-refractivity contribution in [2.24, 2.45) is 0 Å². The van der Waals surface area contributed by atoms with E-state index in [1.165, 1.54) is 14.2 Å². The average Bonchev–Trinajstić information content (AvgIpc) is 2.65. The van der Waals surface area contributed by atoms with Gasteiger partial charge in [-0.25, -0.2) is 0 Å². The normalized spacial score (nSPS) is 21.3. The summed E-state index contributed by atoms with van der Waals surface area (Å²) < 4.78 is 9.20. The molecule has 1 aliphatic rings. The summed E-state index contributed by atoms with van der Waals surface area (Å²) in [5.74, 6) is -0.483. The van der Waals surface area contributed by atoms with Crippen LogP contribution in [0.1, 0.15) is 19.3 Å². The molecule has 1 aliphatic heterocycles. The monoisotopic (exact) mass is 215 g/mol. The van der Waals surface area contributed by atoms with Crippen molar-refractivity contribution in [3.63, 3.8) is 0 Å². The molecule has 1 rings (SSSR count). The summed E-state index contributed by atoms with van der Waals surface area (Å²) in [6.07, 6.45) is 2.30. The first kappa shape index (κ1) is 12.0. The van der Waals surface area contributed by atoms with Crippen molar-refractivity contribution in [3.05, 3.63) is 0 Å². The van der Waals surface area contributed by atoms with Crippen molar-refractivity contribution in [2.75, 3.05) is 27.3 Å². The number of hydrogen-bond acceptors (Lipinski definition) is 5. The van der Waals surface area contributed by atoms with E-state index in [9.17, 15) is 9.59 Å². The second kappa shape index (κ2) is 5.70. The van der Waals surface area contributed by atoms with E-state index in [4.69, 9.17) is 0 Å². The minimum atomic E-state index is -0.258. The molecular formula is C10H17NO4. The third kappa shape index (κ3) is 3.51. The molecule has 0 bridgehead atoms. The largest absolute Gasteiger partial charge is 0.469 e. The standard InChI is InChI=1S/C10H17NO4/c1-14-9(12)6-8-4-3-5-11(8)7-10(13)15-2/h8H,3-7H2,1-2H3. The summed E-state index contributed by atoms with van der Waals surface area (Å²) in [4.78, 5) is 24.2. The minimum Gasteiger partial charge on any atom is -0.469 e. The van der Waals surface area contributed by atoms with Gasteiger partial charge in [-0.2, -0.15) is 0 Å². The number of carbonyl (C=O) groups excluding carboxylic acids is 2. The smallest absolute Gasteiger partial charge is 0.319 e. The van der Waals surface area contributed by atoms with Gasteiger partial charge in [0.25, 0.3) is 0 Å². The summed E-state index contributed by atoms with van der Waals surface area (Å²) in [7, 11) is 2.75. The van der Waals surface area contributed by atoms with Gasteiger partial charge in [0.2, 0.25) is 0 Å². The highest BCUT2D eigenvalue weighted by atomic mass is 16.5. The van der Waals surface area contributed by atoms with Crippen LogP contribution in [0.25, 0.3) is 0 Å². The first-order chi connectivity index (χ1) is 7.17. The molecule has 0 spiro atoms. The van der Waals surface area contributed by atoms with Crippen LogP contribution in [0.15, 0.2) is 0 Å². The number of likely N-dealkylation sites (tertiary alicyclic amines) is 1. The third-order valence-electron chi connectivity index (χ3n) is 2.69. The number of esters is 2. The van der Waals surface area contributed by atoms with Crippen LogP contribution >= 0.6 is 0 Å². The highest BCUT2D eigenvalue weighted by molar-refractivity contribution is 5.72. The molecule has 1 fully saturated rings. The van der Waals surface area contributed by atoms with Crippen molar-refractivity contribution in [3.8, 4) is 0 Å². The van der Waals surface area contributed by atoms with Crippen molar-refractivity contribution >= 4 is 11.9 Å². The third-order valence-corrected chi connectivity index (χ3v) is 2.69. The Kier molecular flexibility index (Phi) is 4.55. The quantitative estimate of drug-likeness (QED) is 0.626. The first-order valence-electron chi connectivity index (χ1n) is 5.05. The van der Waals surface area contributed by atoms with Gasteiger partial charge in [-0.1, -0.05) is 0 Å². The molecular weight excluding hydrogens is 198 g/mol. The lowest BCUT2D eigenvalue weighted by atomic mass is 10.1. The fourth-order valence-corrected chi connectivity index (χ4v) is 1.84. The zero-order valence-corrected chi connectivity index (χ0v) is 9.19. The van der Waals surface area contributed by atoms with Crippen molar-refractivity contribution in [1.29, 1.82) is 0 Å². The van der Waals surface area contributed by atoms with Crippen LogP contribution in [0.5, 0.6) is 0 Å². The number of methoxy groups -OCH3 is 2. The lowest BCUT2D eigenvalue weighted by molar-refractivity contribution is -0.145. The molecule has 1 unspecified atom stereocenters. The fourth-order valence-electron chi connectivity index (χ4n) is 1.84. The van der Waals surface area contributed by atoms with Crippen molar-refractivity contribution < 1.29 is 19.1 Å². The molecule has 0 aromatic rings. The molecule has 1 saturated heterocycles. The van der Waals surface area contributed by atoms with E-state index in [2.05, 4.69) is 9.47 Å². The summed E-state index contributed by atoms with van der Waals surface area (Å²) in [5, 5.41) is 0. The predicted molar refractivity (Wildman–Crippen MR) is 53.2 cm³/mol. The van der Waals surface area contributed by atoms with E-state index in [1.54, 1.807) is 0 Å². The Morgan fingerprint density at radius 2 is 1.93 bits per heavy atom. The van der Waals surface area contributed by atoms with Crippen LogP contribution in [-0.4, -0.2) is 50.2 Å². The van der Waals surface area contributed by atoms with E-state index < -0.39 is 0 Å².